The summed E-state index contributed by atoms with van der Waals surface area (Å²) >= 11 is 0. The lowest BCUT2D eigenvalue weighted by Gasteiger charge is -2.19. The molecule has 2 aromatic rings. The highest BCUT2D eigenvalue weighted by Crippen LogP contribution is 2.22. The van der Waals surface area contributed by atoms with E-state index >= 15 is 0 Å². The molecule has 0 amide bonds. The maximum absolute atomic E-state index is 13.9. The highest BCUT2D eigenvalue weighted by molar-refractivity contribution is 5.87. The van der Waals surface area contributed by atoms with E-state index in [-0.39, 0.29) is 23.8 Å². The molecular formula is C17H21FN2O2. The van der Waals surface area contributed by atoms with Crippen molar-refractivity contribution in [1.82, 2.24) is 9.55 Å². The summed E-state index contributed by atoms with van der Waals surface area (Å²) in [4.78, 5) is 15.8. The van der Waals surface area contributed by atoms with Crippen LogP contribution in [0.1, 0.15) is 49.8 Å². The second-order valence-electron chi connectivity index (χ2n) is 6.51. The second kappa shape index (κ2) is 6.30. The minimum absolute atomic E-state index is 0.138. The Balaban J connectivity index is 2.26. The Hall–Kier alpha value is -2.17. The molecule has 22 heavy (non-hydrogen) atoms. The van der Waals surface area contributed by atoms with Crippen LogP contribution in [0.2, 0.25) is 0 Å². The number of benzene rings is 1. The van der Waals surface area contributed by atoms with Crippen molar-refractivity contribution in [3.8, 4) is 0 Å². The maximum Gasteiger partial charge on any atom is 0.359 e. The van der Waals surface area contributed by atoms with Gasteiger partial charge in [-0.25, -0.2) is 9.78 Å². The maximum atomic E-state index is 13.9. The Bertz CT molecular complexity index is 644. The smallest absolute Gasteiger partial charge is 0.359 e. The van der Waals surface area contributed by atoms with Crippen LogP contribution in [0, 0.1) is 11.4 Å². The fourth-order valence-electron chi connectivity index (χ4n) is 2.06. The summed E-state index contributed by atoms with van der Waals surface area (Å²) in [7, 11) is 0. The van der Waals surface area contributed by atoms with Crippen LogP contribution in [0.3, 0.4) is 0 Å². The largest absolute Gasteiger partial charge is 0.460 e. The van der Waals surface area contributed by atoms with Crippen LogP contribution in [0.5, 0.6) is 0 Å². The zero-order chi connectivity index (χ0) is 16.3. The van der Waals surface area contributed by atoms with Gasteiger partial charge in [0.1, 0.15) is 0 Å². The highest BCUT2D eigenvalue weighted by atomic mass is 19.1. The van der Waals surface area contributed by atoms with E-state index in [1.165, 1.54) is 10.9 Å². The van der Waals surface area contributed by atoms with E-state index < -0.39 is 11.9 Å². The molecule has 0 fully saturated rings. The summed E-state index contributed by atoms with van der Waals surface area (Å²) < 4.78 is 20.7. The Kier molecular flexibility index (Phi) is 4.64. The van der Waals surface area contributed by atoms with E-state index in [9.17, 15) is 9.18 Å². The normalized spacial score (nSPS) is 13.0. The van der Waals surface area contributed by atoms with Gasteiger partial charge in [0.05, 0.1) is 19.0 Å². The van der Waals surface area contributed by atoms with Gasteiger partial charge >= 0.3 is 5.97 Å². The SMILES string of the molecule is C[C@H](c1ccccc1)n1cnc(F)c1C(=O)OCC(C)(C)C. The van der Waals surface area contributed by atoms with E-state index in [1.807, 2.05) is 58.0 Å². The Morgan fingerprint density at radius 3 is 2.55 bits per heavy atom. The highest BCUT2D eigenvalue weighted by Gasteiger charge is 2.25. The van der Waals surface area contributed by atoms with Gasteiger partial charge in [-0.1, -0.05) is 51.1 Å². The molecule has 1 heterocycles. The summed E-state index contributed by atoms with van der Waals surface area (Å²) in [5, 5.41) is 0. The van der Waals surface area contributed by atoms with Gasteiger partial charge in [-0.2, -0.15) is 4.39 Å². The number of esters is 1. The minimum atomic E-state index is -0.804. The zero-order valence-electron chi connectivity index (χ0n) is 13.3. The number of imidazole rings is 1. The van der Waals surface area contributed by atoms with E-state index in [0.717, 1.165) is 5.56 Å². The molecule has 1 aromatic heterocycles. The van der Waals surface area contributed by atoms with Crippen molar-refractivity contribution in [2.75, 3.05) is 6.61 Å². The number of nitrogens with zero attached hydrogens (tertiary/aromatic N) is 2. The zero-order valence-corrected chi connectivity index (χ0v) is 13.3. The molecule has 118 valence electrons. The van der Waals surface area contributed by atoms with Crippen LogP contribution in [0.4, 0.5) is 4.39 Å². The van der Waals surface area contributed by atoms with E-state index in [2.05, 4.69) is 4.98 Å². The third kappa shape index (κ3) is 3.72. The third-order valence-electron chi connectivity index (χ3n) is 3.28. The number of halogens is 1. The molecule has 2 rings (SSSR count). The molecule has 0 bridgehead atoms. The third-order valence-corrected chi connectivity index (χ3v) is 3.28. The van der Waals surface area contributed by atoms with Crippen molar-refractivity contribution in [3.63, 3.8) is 0 Å². The van der Waals surface area contributed by atoms with Gasteiger partial charge in [-0.05, 0) is 17.9 Å². The first-order valence-electron chi connectivity index (χ1n) is 7.24. The minimum Gasteiger partial charge on any atom is -0.460 e. The standard InChI is InChI=1S/C17H21FN2O2/c1-12(13-8-6-5-7-9-13)20-11-19-15(18)14(20)16(21)22-10-17(2,3)4/h5-9,11-12H,10H2,1-4H3/t12-/m1/s1. The van der Waals surface area contributed by atoms with Crippen LogP contribution >= 0.6 is 0 Å². The lowest BCUT2D eigenvalue weighted by Crippen LogP contribution is -2.22. The van der Waals surface area contributed by atoms with E-state index in [1.54, 1.807) is 0 Å². The summed E-state index contributed by atoms with van der Waals surface area (Å²) in [6, 6.07) is 9.34. The van der Waals surface area contributed by atoms with Crippen LogP contribution in [-0.4, -0.2) is 22.1 Å². The van der Waals surface area contributed by atoms with Gasteiger partial charge in [0.15, 0.2) is 5.69 Å². The van der Waals surface area contributed by atoms with Crippen molar-refractivity contribution in [3.05, 3.63) is 53.9 Å². The number of carbonyl (C=O) groups is 1. The first kappa shape index (κ1) is 16.2. The predicted octanol–water partition coefficient (Wildman–Crippen LogP) is 3.83. The monoisotopic (exact) mass is 304 g/mol. The second-order valence-corrected chi connectivity index (χ2v) is 6.51. The van der Waals surface area contributed by atoms with Gasteiger partial charge in [0.2, 0.25) is 5.95 Å². The van der Waals surface area contributed by atoms with Crippen LogP contribution < -0.4 is 0 Å². The molecule has 4 nitrogen and oxygen atoms in total. The van der Waals surface area contributed by atoms with E-state index in [0.29, 0.717) is 0 Å². The molecule has 0 saturated heterocycles. The molecule has 0 unspecified atom stereocenters. The molecule has 1 atom stereocenters. The van der Waals surface area contributed by atoms with Gasteiger partial charge in [-0.15, -0.1) is 0 Å². The molecule has 5 heteroatoms. The lowest BCUT2D eigenvalue weighted by molar-refractivity contribution is 0.0347. The molecule has 0 saturated carbocycles. The molecule has 0 N–H and O–H groups in total. The fourth-order valence-corrected chi connectivity index (χ4v) is 2.06. The molecule has 0 aliphatic heterocycles. The molecule has 0 spiro atoms. The van der Waals surface area contributed by atoms with Crippen molar-refractivity contribution in [1.29, 1.82) is 0 Å². The summed E-state index contributed by atoms with van der Waals surface area (Å²) in [5.74, 6) is -1.49. The molecule has 0 radical (unpaired) electrons. The number of ether oxygens (including phenoxy) is 1. The summed E-state index contributed by atoms with van der Waals surface area (Å²) in [6.45, 7) is 7.94. The number of hydrogen-bond acceptors (Lipinski definition) is 3. The summed E-state index contributed by atoms with van der Waals surface area (Å²) in [5.41, 5.74) is 0.646. The van der Waals surface area contributed by atoms with Crippen LogP contribution in [0.15, 0.2) is 36.7 Å². The van der Waals surface area contributed by atoms with Gasteiger partial charge < -0.3 is 9.30 Å². The molecule has 0 aliphatic rings. The summed E-state index contributed by atoms with van der Waals surface area (Å²) in [6.07, 6.45) is 1.33. The predicted molar refractivity (Wildman–Crippen MR) is 82.2 cm³/mol. The fraction of sp³-hybridized carbons (Fsp3) is 0.412. The number of carbonyl (C=O) groups excluding carboxylic acids is 1. The van der Waals surface area contributed by atoms with Crippen LogP contribution in [-0.2, 0) is 4.74 Å². The van der Waals surface area contributed by atoms with Crippen LogP contribution in [0.25, 0.3) is 0 Å². The average molecular weight is 304 g/mol. The van der Waals surface area contributed by atoms with Gasteiger partial charge in [0, 0.05) is 0 Å². The van der Waals surface area contributed by atoms with Crippen molar-refractivity contribution < 1.29 is 13.9 Å². The van der Waals surface area contributed by atoms with Crippen molar-refractivity contribution >= 4 is 5.97 Å². The number of aromatic nitrogens is 2. The molecule has 0 aliphatic carbocycles. The number of hydrogen-bond donors (Lipinski definition) is 0. The molecule has 1 aromatic carbocycles. The molecular weight excluding hydrogens is 283 g/mol. The topological polar surface area (TPSA) is 44.1 Å². The average Bonchev–Trinajstić information content (AvgIpc) is 2.86. The Labute approximate surface area is 129 Å². The van der Waals surface area contributed by atoms with Crippen molar-refractivity contribution in [2.24, 2.45) is 5.41 Å². The first-order valence-corrected chi connectivity index (χ1v) is 7.24. The lowest BCUT2D eigenvalue weighted by atomic mass is 9.99. The quantitative estimate of drug-likeness (QED) is 0.806. The Morgan fingerprint density at radius 2 is 1.95 bits per heavy atom. The van der Waals surface area contributed by atoms with Gasteiger partial charge in [0.25, 0.3) is 0 Å². The van der Waals surface area contributed by atoms with Gasteiger partial charge in [-0.3, -0.25) is 0 Å². The van der Waals surface area contributed by atoms with Crippen molar-refractivity contribution in [2.45, 2.75) is 33.7 Å². The van der Waals surface area contributed by atoms with E-state index in [4.69, 9.17) is 4.74 Å². The number of rotatable bonds is 4. The Morgan fingerprint density at radius 1 is 1.32 bits per heavy atom. The first-order chi connectivity index (χ1) is 10.3.